The molecule has 3 aliphatic heterocycles. The van der Waals surface area contributed by atoms with Crippen LogP contribution in [0.25, 0.3) is 0 Å². The van der Waals surface area contributed by atoms with Crippen molar-refractivity contribution in [1.29, 1.82) is 0 Å². The van der Waals surface area contributed by atoms with E-state index < -0.39 is 17.8 Å². The van der Waals surface area contributed by atoms with Crippen LogP contribution < -0.4 is 19.9 Å². The number of aromatic nitrogens is 3. The maximum atomic E-state index is 13.3. The van der Waals surface area contributed by atoms with E-state index in [1.54, 1.807) is 12.1 Å². The molecule has 2 bridgehead atoms. The molecule has 2 N–H and O–H groups in total. The van der Waals surface area contributed by atoms with Gasteiger partial charge in [0.25, 0.3) is 0 Å². The van der Waals surface area contributed by atoms with Gasteiger partial charge in [0.2, 0.25) is 5.82 Å². The highest BCUT2D eigenvalue weighted by Crippen LogP contribution is 2.37. The molecule has 5 heterocycles. The zero-order valence-electron chi connectivity index (χ0n) is 18.9. The first-order valence-electron chi connectivity index (χ1n) is 11.2. The van der Waals surface area contributed by atoms with E-state index in [9.17, 15) is 14.7 Å². The van der Waals surface area contributed by atoms with Gasteiger partial charge in [-0.3, -0.25) is 10.2 Å². The number of nitrogens with zero attached hydrogens (tertiary/aromatic N) is 5. The number of amides is 2. The lowest BCUT2D eigenvalue weighted by atomic mass is 10.0. The molecule has 0 aliphatic carbocycles. The maximum Gasteiger partial charge on any atom is 0.374 e. The number of nitrogens with one attached hydrogen (secondary N) is 1. The van der Waals surface area contributed by atoms with Crippen LogP contribution in [0.1, 0.15) is 37.3 Å². The summed E-state index contributed by atoms with van der Waals surface area (Å²) in [7, 11) is 0. The number of anilines is 3. The Balaban J connectivity index is 1.32. The van der Waals surface area contributed by atoms with Gasteiger partial charge in [0.1, 0.15) is 24.3 Å². The Bertz CT molecular complexity index is 1110. The molecule has 2 amide bonds. The number of piperidine rings is 1. The van der Waals surface area contributed by atoms with E-state index in [1.165, 1.54) is 17.3 Å². The van der Waals surface area contributed by atoms with Crippen molar-refractivity contribution in [2.45, 2.75) is 44.6 Å². The zero-order valence-corrected chi connectivity index (χ0v) is 18.9. The number of pyridine rings is 1. The average molecular weight is 470 g/mol. The number of fused-ring (bicyclic) bond motifs is 4. The lowest BCUT2D eigenvalue weighted by molar-refractivity contribution is -0.141. The third-order valence-electron chi connectivity index (χ3n) is 5.96. The van der Waals surface area contributed by atoms with E-state index in [2.05, 4.69) is 25.2 Å². The van der Waals surface area contributed by atoms with Crippen molar-refractivity contribution < 1.29 is 28.9 Å². The Morgan fingerprint density at radius 3 is 2.97 bits per heavy atom. The second-order valence-corrected chi connectivity index (χ2v) is 8.89. The van der Waals surface area contributed by atoms with Crippen molar-refractivity contribution in [2.24, 2.45) is 0 Å². The fourth-order valence-electron chi connectivity index (χ4n) is 4.46. The highest BCUT2D eigenvalue weighted by Gasteiger charge is 2.39. The summed E-state index contributed by atoms with van der Waals surface area (Å²) in [4.78, 5) is 40.7. The lowest BCUT2D eigenvalue weighted by Crippen LogP contribution is -2.56. The molecule has 0 spiro atoms. The molecule has 34 heavy (non-hydrogen) atoms. The molecule has 2 aromatic rings. The summed E-state index contributed by atoms with van der Waals surface area (Å²) in [5, 5.41) is 12.1. The molecule has 0 radical (unpaired) electrons. The number of ether oxygens (including phenoxy) is 3. The summed E-state index contributed by atoms with van der Waals surface area (Å²) in [5.74, 6) is -1.12. The zero-order chi connectivity index (χ0) is 23.9. The monoisotopic (exact) mass is 470 g/mol. The number of urea groups is 1. The van der Waals surface area contributed by atoms with Crippen LogP contribution >= 0.6 is 0 Å². The maximum absolute atomic E-state index is 13.3. The predicted molar refractivity (Wildman–Crippen MR) is 120 cm³/mol. The first-order valence-corrected chi connectivity index (χ1v) is 11.2. The van der Waals surface area contributed by atoms with Gasteiger partial charge >= 0.3 is 12.0 Å². The second kappa shape index (κ2) is 8.69. The van der Waals surface area contributed by atoms with E-state index in [0.29, 0.717) is 37.0 Å². The quantitative estimate of drug-likeness (QED) is 0.668. The summed E-state index contributed by atoms with van der Waals surface area (Å²) >= 11 is 0. The van der Waals surface area contributed by atoms with Crippen LogP contribution in [-0.4, -0.2) is 76.3 Å². The molecule has 3 aliphatic rings. The molecule has 12 nitrogen and oxygen atoms in total. The van der Waals surface area contributed by atoms with Crippen LogP contribution in [0, 0.1) is 0 Å². The van der Waals surface area contributed by atoms with Crippen molar-refractivity contribution in [3.05, 3.63) is 30.4 Å². The first-order chi connectivity index (χ1) is 16.3. The van der Waals surface area contributed by atoms with Gasteiger partial charge in [-0.15, -0.1) is 0 Å². The lowest BCUT2D eigenvalue weighted by Gasteiger charge is -2.45. The highest BCUT2D eigenvalue weighted by molar-refractivity contribution is 6.04. The molecule has 180 valence electrons. The Labute approximate surface area is 195 Å². The first kappa shape index (κ1) is 22.3. The van der Waals surface area contributed by atoms with Gasteiger partial charge < -0.3 is 24.2 Å². The Kier molecular flexibility index (Phi) is 5.70. The summed E-state index contributed by atoms with van der Waals surface area (Å²) in [6, 6.07) is 2.74. The second-order valence-electron chi connectivity index (χ2n) is 8.89. The van der Waals surface area contributed by atoms with Gasteiger partial charge in [0.05, 0.1) is 24.5 Å². The Morgan fingerprint density at radius 1 is 1.35 bits per heavy atom. The van der Waals surface area contributed by atoms with Crippen LogP contribution in [0.5, 0.6) is 5.75 Å². The van der Waals surface area contributed by atoms with E-state index in [0.717, 1.165) is 19.4 Å². The molecule has 0 saturated carbocycles. The summed E-state index contributed by atoms with van der Waals surface area (Å²) < 4.78 is 17.1. The summed E-state index contributed by atoms with van der Waals surface area (Å²) in [6.07, 6.45) is 4.50. The molecular formula is C22H26N6O6. The predicted octanol–water partition coefficient (Wildman–Crippen LogP) is 2.12. The Hall–Kier alpha value is -3.51. The number of carbonyl (C=O) groups excluding carboxylic acids is 1. The molecule has 12 heteroatoms. The molecule has 0 unspecified atom stereocenters. The summed E-state index contributed by atoms with van der Waals surface area (Å²) in [6.45, 7) is 5.88. The van der Waals surface area contributed by atoms with Crippen molar-refractivity contribution >= 4 is 29.3 Å². The van der Waals surface area contributed by atoms with E-state index in [-0.39, 0.29) is 23.8 Å². The minimum Gasteiger partial charge on any atom is -0.491 e. The fourth-order valence-corrected chi connectivity index (χ4v) is 4.46. The molecule has 2 saturated heterocycles. The number of carbonyl (C=O) groups is 2. The van der Waals surface area contributed by atoms with Crippen molar-refractivity contribution in [3.63, 3.8) is 0 Å². The third kappa shape index (κ3) is 4.46. The standard InChI is InChI=1S/C22H26N6O6/c1-22(2)33-12-15(34-22)11-32-14-5-6-23-17(8-14)25-21(31)28-13-4-3-7-27(10-13)16-9-24-18(20(29)30)26-19(16)28/h5-6,8-9,13,15H,3-4,7,10-12H2,1-2H3,(H,29,30)(H,23,25,31)/t13-,15-/m0/s1. The number of carboxylic acid groups (broad SMARTS) is 1. The van der Waals surface area contributed by atoms with Crippen molar-refractivity contribution in [1.82, 2.24) is 15.0 Å². The van der Waals surface area contributed by atoms with E-state index >= 15 is 0 Å². The van der Waals surface area contributed by atoms with Gasteiger partial charge in [-0.25, -0.2) is 24.5 Å². The van der Waals surface area contributed by atoms with E-state index in [4.69, 9.17) is 14.2 Å². The summed E-state index contributed by atoms with van der Waals surface area (Å²) in [5.41, 5.74) is 0.642. The molecule has 2 atom stereocenters. The number of rotatable bonds is 5. The number of aromatic carboxylic acids is 1. The fraction of sp³-hybridized carbons (Fsp3) is 0.500. The van der Waals surface area contributed by atoms with Gasteiger partial charge in [-0.05, 0) is 32.8 Å². The topological polar surface area (TPSA) is 139 Å². The van der Waals surface area contributed by atoms with Gasteiger partial charge in [0, 0.05) is 25.4 Å². The normalized spacial score (nSPS) is 22.8. The molecule has 2 aromatic heterocycles. The van der Waals surface area contributed by atoms with Crippen LogP contribution in [0.3, 0.4) is 0 Å². The SMILES string of the molecule is CC1(C)OC[C@H](COc2ccnc(NC(=O)N3c4nc(C(=O)O)ncc4N4CCC[C@H]3C4)c2)O1. The highest BCUT2D eigenvalue weighted by atomic mass is 16.7. The van der Waals surface area contributed by atoms with Crippen LogP contribution in [-0.2, 0) is 9.47 Å². The molecule has 5 rings (SSSR count). The van der Waals surface area contributed by atoms with Crippen LogP contribution in [0.2, 0.25) is 0 Å². The molecule has 2 fully saturated rings. The van der Waals surface area contributed by atoms with Crippen molar-refractivity contribution in [3.8, 4) is 5.75 Å². The smallest absolute Gasteiger partial charge is 0.374 e. The van der Waals surface area contributed by atoms with Crippen LogP contribution in [0.4, 0.5) is 22.1 Å². The average Bonchev–Trinajstić information content (AvgIpc) is 3.16. The van der Waals surface area contributed by atoms with Crippen LogP contribution in [0.15, 0.2) is 24.5 Å². The number of hydrogen-bond donors (Lipinski definition) is 2. The third-order valence-corrected chi connectivity index (χ3v) is 5.96. The minimum absolute atomic E-state index is 0.139. The van der Waals surface area contributed by atoms with Gasteiger partial charge in [-0.2, -0.15) is 0 Å². The largest absolute Gasteiger partial charge is 0.491 e. The van der Waals surface area contributed by atoms with E-state index in [1.807, 2.05) is 13.8 Å². The number of carboxylic acids is 1. The van der Waals surface area contributed by atoms with Gasteiger partial charge in [0.15, 0.2) is 11.6 Å². The molecular weight excluding hydrogens is 444 g/mol. The Morgan fingerprint density at radius 2 is 2.21 bits per heavy atom. The van der Waals surface area contributed by atoms with Gasteiger partial charge in [-0.1, -0.05) is 0 Å². The molecule has 0 aromatic carbocycles. The van der Waals surface area contributed by atoms with Crippen molar-refractivity contribution in [2.75, 3.05) is 41.4 Å². The minimum atomic E-state index is -1.25. The number of hydrogen-bond acceptors (Lipinski definition) is 9.